The van der Waals surface area contributed by atoms with E-state index in [1.807, 2.05) is 13.8 Å². The highest BCUT2D eigenvalue weighted by atomic mass is 79.9. The number of benzene rings is 1. The molecular weight excluding hydrogens is 311 g/mol. The fraction of sp³-hybridized carbons (Fsp3) is 0.500. The monoisotopic (exact) mass is 325 g/mol. The molecule has 0 aliphatic rings. The fourth-order valence-electron chi connectivity index (χ4n) is 1.43. The van der Waals surface area contributed by atoms with E-state index in [1.165, 1.54) is 6.07 Å². The molecule has 2 nitrogen and oxygen atoms in total. The molecule has 0 saturated carbocycles. The predicted molar refractivity (Wildman–Crippen MR) is 67.2 cm³/mol. The summed E-state index contributed by atoms with van der Waals surface area (Å²) in [4.78, 5) is 0. The lowest BCUT2D eigenvalue weighted by molar-refractivity contribution is -0.137. The Kier molecular flexibility index (Phi) is 5.19. The highest BCUT2D eigenvalue weighted by molar-refractivity contribution is 9.10. The average molecular weight is 326 g/mol. The van der Waals surface area contributed by atoms with Crippen LogP contribution in [0.3, 0.4) is 0 Å². The Balaban J connectivity index is 2.92. The summed E-state index contributed by atoms with van der Waals surface area (Å²) in [5.74, 6) is 0. The van der Waals surface area contributed by atoms with E-state index in [-0.39, 0.29) is 18.2 Å². The quantitative estimate of drug-likeness (QED) is 0.888. The summed E-state index contributed by atoms with van der Waals surface area (Å²) in [5, 5.41) is 12.8. The van der Waals surface area contributed by atoms with E-state index in [0.717, 1.165) is 12.1 Å². The van der Waals surface area contributed by atoms with E-state index in [4.69, 9.17) is 0 Å². The number of hydrogen-bond donors (Lipinski definition) is 2. The summed E-state index contributed by atoms with van der Waals surface area (Å²) in [6.45, 7) is 4.01. The number of rotatable bonds is 4. The number of alkyl halides is 3. The van der Waals surface area contributed by atoms with Crippen LogP contribution in [0.15, 0.2) is 22.7 Å². The van der Waals surface area contributed by atoms with Gasteiger partial charge in [-0.1, -0.05) is 29.8 Å². The molecule has 102 valence electrons. The third-order valence-corrected chi connectivity index (χ3v) is 2.81. The maximum Gasteiger partial charge on any atom is 0.416 e. The van der Waals surface area contributed by atoms with Crippen LogP contribution in [-0.4, -0.2) is 17.7 Å². The van der Waals surface area contributed by atoms with Crippen molar-refractivity contribution in [1.82, 2.24) is 5.32 Å². The van der Waals surface area contributed by atoms with Crippen LogP contribution in [0, 0.1) is 0 Å². The smallest absolute Gasteiger partial charge is 0.387 e. The van der Waals surface area contributed by atoms with Gasteiger partial charge in [0.25, 0.3) is 0 Å². The van der Waals surface area contributed by atoms with Crippen molar-refractivity contribution in [3.05, 3.63) is 33.8 Å². The molecule has 6 heteroatoms. The normalized spacial score (nSPS) is 14.0. The molecule has 18 heavy (non-hydrogen) atoms. The second-order valence-corrected chi connectivity index (χ2v) is 5.27. The van der Waals surface area contributed by atoms with Gasteiger partial charge in [-0.3, -0.25) is 0 Å². The van der Waals surface area contributed by atoms with E-state index >= 15 is 0 Å². The summed E-state index contributed by atoms with van der Waals surface area (Å²) < 4.78 is 38.1. The second-order valence-electron chi connectivity index (χ2n) is 4.35. The molecule has 0 radical (unpaired) electrons. The molecule has 0 aliphatic carbocycles. The van der Waals surface area contributed by atoms with Gasteiger partial charge in [-0.2, -0.15) is 13.2 Å². The molecular formula is C12H15BrF3NO. The third kappa shape index (κ3) is 4.59. The van der Waals surface area contributed by atoms with Crippen LogP contribution in [0.2, 0.25) is 0 Å². The Labute approximate surface area is 112 Å². The summed E-state index contributed by atoms with van der Waals surface area (Å²) in [6.07, 6.45) is -5.38. The zero-order chi connectivity index (χ0) is 13.9. The van der Waals surface area contributed by atoms with Gasteiger partial charge in [0.2, 0.25) is 0 Å². The van der Waals surface area contributed by atoms with Crippen molar-refractivity contribution >= 4 is 15.9 Å². The van der Waals surface area contributed by atoms with Crippen LogP contribution < -0.4 is 5.32 Å². The minimum absolute atomic E-state index is 0.161. The van der Waals surface area contributed by atoms with Crippen molar-refractivity contribution in [3.63, 3.8) is 0 Å². The Morgan fingerprint density at radius 1 is 1.28 bits per heavy atom. The van der Waals surface area contributed by atoms with E-state index in [2.05, 4.69) is 21.2 Å². The number of aliphatic hydroxyl groups excluding tert-OH is 1. The summed E-state index contributed by atoms with van der Waals surface area (Å²) in [7, 11) is 0. The number of nitrogens with one attached hydrogen (secondary N) is 1. The number of aliphatic hydroxyl groups is 1. The van der Waals surface area contributed by atoms with Crippen LogP contribution in [0.25, 0.3) is 0 Å². The van der Waals surface area contributed by atoms with Crippen LogP contribution in [-0.2, 0) is 6.18 Å². The van der Waals surface area contributed by atoms with Gasteiger partial charge in [-0.25, -0.2) is 0 Å². The first-order valence-corrected chi connectivity index (χ1v) is 6.28. The van der Waals surface area contributed by atoms with Gasteiger partial charge in [-0.15, -0.1) is 0 Å². The maximum absolute atomic E-state index is 12.6. The van der Waals surface area contributed by atoms with Gasteiger partial charge in [-0.05, 0) is 23.8 Å². The number of halogens is 4. The van der Waals surface area contributed by atoms with Gasteiger partial charge in [0.15, 0.2) is 0 Å². The fourth-order valence-corrected chi connectivity index (χ4v) is 1.94. The Bertz CT molecular complexity index is 407. The van der Waals surface area contributed by atoms with Gasteiger partial charge < -0.3 is 10.4 Å². The standard InChI is InChI=1S/C12H15BrF3NO/c1-7(2)17-6-11(18)8-3-9(12(14,15)16)5-10(13)4-8/h3-5,7,11,17-18H,6H2,1-2H3. The van der Waals surface area contributed by atoms with Crippen LogP contribution in [0.5, 0.6) is 0 Å². The third-order valence-electron chi connectivity index (χ3n) is 2.35. The van der Waals surface area contributed by atoms with Gasteiger partial charge in [0.05, 0.1) is 11.7 Å². The lowest BCUT2D eigenvalue weighted by Crippen LogP contribution is -2.28. The molecule has 1 atom stereocenters. The lowest BCUT2D eigenvalue weighted by atomic mass is 10.1. The van der Waals surface area contributed by atoms with Crippen molar-refractivity contribution in [1.29, 1.82) is 0 Å². The maximum atomic E-state index is 12.6. The highest BCUT2D eigenvalue weighted by Crippen LogP contribution is 2.33. The Morgan fingerprint density at radius 2 is 1.89 bits per heavy atom. The summed E-state index contributed by atoms with van der Waals surface area (Å²) in [6, 6.07) is 3.61. The minimum atomic E-state index is -4.41. The Morgan fingerprint density at radius 3 is 2.39 bits per heavy atom. The molecule has 0 aliphatic heterocycles. The van der Waals surface area contributed by atoms with Crippen molar-refractivity contribution in [3.8, 4) is 0 Å². The van der Waals surface area contributed by atoms with Crippen LogP contribution in [0.4, 0.5) is 13.2 Å². The predicted octanol–water partition coefficient (Wildman–Crippen LogP) is 3.50. The molecule has 1 aromatic carbocycles. The first-order valence-electron chi connectivity index (χ1n) is 5.49. The number of hydrogen-bond acceptors (Lipinski definition) is 2. The molecule has 0 aromatic heterocycles. The SMILES string of the molecule is CC(C)NCC(O)c1cc(Br)cc(C(F)(F)F)c1. The van der Waals surface area contributed by atoms with E-state index in [0.29, 0.717) is 4.47 Å². The molecule has 0 fully saturated rings. The summed E-state index contributed by atoms with van der Waals surface area (Å²) in [5.41, 5.74) is -0.527. The molecule has 0 heterocycles. The van der Waals surface area contributed by atoms with Gasteiger partial charge in [0.1, 0.15) is 0 Å². The van der Waals surface area contributed by atoms with Crippen molar-refractivity contribution in [2.24, 2.45) is 0 Å². The van der Waals surface area contributed by atoms with E-state index in [9.17, 15) is 18.3 Å². The highest BCUT2D eigenvalue weighted by Gasteiger charge is 2.31. The zero-order valence-corrected chi connectivity index (χ0v) is 11.6. The topological polar surface area (TPSA) is 32.3 Å². The second kappa shape index (κ2) is 6.04. The minimum Gasteiger partial charge on any atom is -0.387 e. The molecule has 1 unspecified atom stereocenters. The first-order chi connectivity index (χ1) is 8.20. The molecule has 0 amide bonds. The van der Waals surface area contributed by atoms with Gasteiger partial charge in [0, 0.05) is 17.1 Å². The van der Waals surface area contributed by atoms with Crippen molar-refractivity contribution in [2.75, 3.05) is 6.54 Å². The summed E-state index contributed by atoms with van der Waals surface area (Å²) >= 11 is 3.02. The molecule has 1 aromatic rings. The van der Waals surface area contributed by atoms with Crippen molar-refractivity contribution < 1.29 is 18.3 Å². The van der Waals surface area contributed by atoms with Gasteiger partial charge >= 0.3 is 6.18 Å². The van der Waals surface area contributed by atoms with Crippen LogP contribution in [0.1, 0.15) is 31.1 Å². The zero-order valence-electron chi connectivity index (χ0n) is 10.1. The Hall–Kier alpha value is -0.590. The van der Waals surface area contributed by atoms with E-state index in [1.54, 1.807) is 0 Å². The van der Waals surface area contributed by atoms with Crippen molar-refractivity contribution in [2.45, 2.75) is 32.2 Å². The largest absolute Gasteiger partial charge is 0.416 e. The molecule has 0 saturated heterocycles. The first kappa shape index (κ1) is 15.5. The molecule has 1 rings (SSSR count). The van der Waals surface area contributed by atoms with Crippen LogP contribution >= 0.6 is 15.9 Å². The average Bonchev–Trinajstić information content (AvgIpc) is 2.23. The molecule has 0 bridgehead atoms. The lowest BCUT2D eigenvalue weighted by Gasteiger charge is -2.16. The molecule has 0 spiro atoms. The molecule has 2 N–H and O–H groups in total. The van der Waals surface area contributed by atoms with E-state index < -0.39 is 17.8 Å².